The molecule has 178 valence electrons. The van der Waals surface area contributed by atoms with E-state index < -0.39 is 18.1 Å². The van der Waals surface area contributed by atoms with Crippen molar-refractivity contribution in [2.24, 2.45) is 5.41 Å². The maximum atomic E-state index is 12.5. The number of carbonyl (C=O) groups excluding carboxylic acids is 1. The second-order valence-corrected chi connectivity index (χ2v) is 8.08. The monoisotopic (exact) mass is 460 g/mol. The van der Waals surface area contributed by atoms with Gasteiger partial charge in [0.25, 0.3) is 0 Å². The summed E-state index contributed by atoms with van der Waals surface area (Å²) in [5.74, 6) is -3.69. The number of rotatable bonds is 5. The highest BCUT2D eigenvalue weighted by atomic mass is 19.4. The molecule has 3 rings (SSSR count). The number of likely N-dealkylation sites (tertiary alicyclic amines) is 1. The van der Waals surface area contributed by atoms with Crippen molar-refractivity contribution in [3.8, 4) is 0 Å². The van der Waals surface area contributed by atoms with Crippen LogP contribution in [0.25, 0.3) is 0 Å². The number of halogens is 3. The molecule has 32 heavy (non-hydrogen) atoms. The van der Waals surface area contributed by atoms with Crippen LogP contribution >= 0.6 is 0 Å². The summed E-state index contributed by atoms with van der Waals surface area (Å²) in [4.78, 5) is 34.5. The molecule has 11 heteroatoms. The van der Waals surface area contributed by atoms with Gasteiger partial charge in [-0.2, -0.15) is 13.2 Å². The van der Waals surface area contributed by atoms with Gasteiger partial charge in [-0.15, -0.1) is 0 Å². The Hall–Kier alpha value is -2.66. The van der Waals surface area contributed by atoms with Crippen molar-refractivity contribution in [3.05, 3.63) is 35.4 Å². The van der Waals surface area contributed by atoms with Crippen LogP contribution in [-0.2, 0) is 20.9 Å². The van der Waals surface area contributed by atoms with Crippen LogP contribution in [0.15, 0.2) is 24.3 Å². The number of aliphatic carboxylic acids is 1. The van der Waals surface area contributed by atoms with Crippen LogP contribution < -0.4 is 5.32 Å². The van der Waals surface area contributed by atoms with Gasteiger partial charge in [-0.3, -0.25) is 9.69 Å². The van der Waals surface area contributed by atoms with Crippen LogP contribution in [0.3, 0.4) is 0 Å². The summed E-state index contributed by atoms with van der Waals surface area (Å²) in [6.45, 7) is 5.89. The fourth-order valence-corrected chi connectivity index (χ4v) is 3.80. The van der Waals surface area contributed by atoms with Gasteiger partial charge < -0.3 is 20.3 Å². The molecule has 8 nitrogen and oxygen atoms in total. The van der Waals surface area contributed by atoms with Crippen molar-refractivity contribution < 1.29 is 42.5 Å². The minimum absolute atomic E-state index is 0.0103. The molecule has 1 amide bonds. The van der Waals surface area contributed by atoms with E-state index in [0.29, 0.717) is 6.54 Å². The molecule has 2 saturated heterocycles. The molecular weight excluding hydrogens is 433 g/mol. The Balaban J connectivity index is 0.000000451. The molecule has 2 aliphatic rings. The highest BCUT2D eigenvalue weighted by molar-refractivity contribution is 5.87. The first kappa shape index (κ1) is 25.6. The standard InChI is InChI=1S/C19H26N2O4.C2HF3O2/c1-14(21-9-8-19(12-21)7-2-10-25-13-19)17(22)20-11-15-3-5-16(6-4-15)18(23)24;3-2(4,5)1(6)7/h3-6,14H,2,7-13H2,1H3,(H,20,22)(H,23,24);(H,6,7). The second-order valence-electron chi connectivity index (χ2n) is 8.08. The number of carbonyl (C=O) groups is 3. The highest BCUT2D eigenvalue weighted by Gasteiger charge is 2.42. The SMILES string of the molecule is CC(C(=O)NCc1ccc(C(=O)O)cc1)N1CCC2(CCCOC2)C1.O=C(O)C(F)(F)F. The van der Waals surface area contributed by atoms with Gasteiger partial charge in [0.1, 0.15) is 0 Å². The summed E-state index contributed by atoms with van der Waals surface area (Å²) >= 11 is 0. The fraction of sp³-hybridized carbons (Fsp3) is 0.571. The van der Waals surface area contributed by atoms with E-state index in [4.69, 9.17) is 19.7 Å². The number of aromatic carboxylic acids is 1. The van der Waals surface area contributed by atoms with Crippen molar-refractivity contribution in [3.63, 3.8) is 0 Å². The van der Waals surface area contributed by atoms with Crippen molar-refractivity contribution in [1.82, 2.24) is 10.2 Å². The molecule has 2 aliphatic heterocycles. The largest absolute Gasteiger partial charge is 0.490 e. The summed E-state index contributed by atoms with van der Waals surface area (Å²) in [5, 5.41) is 19.0. The molecule has 1 aromatic carbocycles. The minimum atomic E-state index is -5.08. The van der Waals surface area contributed by atoms with Gasteiger partial charge in [-0.05, 0) is 50.4 Å². The Morgan fingerprint density at radius 1 is 1.19 bits per heavy atom. The topological polar surface area (TPSA) is 116 Å². The number of ether oxygens (including phenoxy) is 1. The first-order chi connectivity index (χ1) is 14.9. The lowest BCUT2D eigenvalue weighted by Crippen LogP contribution is -2.45. The zero-order valence-corrected chi connectivity index (χ0v) is 17.7. The number of amides is 1. The third-order valence-corrected chi connectivity index (χ3v) is 5.71. The Kier molecular flexibility index (Phi) is 8.62. The lowest BCUT2D eigenvalue weighted by molar-refractivity contribution is -0.192. The van der Waals surface area contributed by atoms with Gasteiger partial charge in [-0.25, -0.2) is 9.59 Å². The van der Waals surface area contributed by atoms with Gasteiger partial charge in [0.15, 0.2) is 0 Å². The van der Waals surface area contributed by atoms with E-state index in [2.05, 4.69) is 10.2 Å². The van der Waals surface area contributed by atoms with E-state index in [1.165, 1.54) is 6.42 Å². The summed E-state index contributed by atoms with van der Waals surface area (Å²) in [6, 6.07) is 6.41. The van der Waals surface area contributed by atoms with Gasteiger partial charge in [-0.1, -0.05) is 12.1 Å². The summed E-state index contributed by atoms with van der Waals surface area (Å²) in [5.41, 5.74) is 1.38. The average Bonchev–Trinajstić information content (AvgIpc) is 3.15. The molecule has 0 aromatic heterocycles. The zero-order chi connectivity index (χ0) is 23.9. The van der Waals surface area contributed by atoms with Gasteiger partial charge in [0.2, 0.25) is 5.91 Å². The summed E-state index contributed by atoms with van der Waals surface area (Å²) in [7, 11) is 0. The van der Waals surface area contributed by atoms with Crippen LogP contribution in [-0.4, -0.2) is 71.5 Å². The number of hydrogen-bond donors (Lipinski definition) is 3. The van der Waals surface area contributed by atoms with Crippen LogP contribution in [0.4, 0.5) is 13.2 Å². The van der Waals surface area contributed by atoms with Crippen LogP contribution in [0.5, 0.6) is 0 Å². The van der Waals surface area contributed by atoms with E-state index in [-0.39, 0.29) is 22.9 Å². The zero-order valence-electron chi connectivity index (χ0n) is 17.7. The molecule has 0 aliphatic carbocycles. The molecular formula is C21H27F3N2O6. The molecule has 2 fully saturated rings. The number of nitrogens with one attached hydrogen (secondary N) is 1. The smallest absolute Gasteiger partial charge is 0.478 e. The molecule has 3 N–H and O–H groups in total. The van der Waals surface area contributed by atoms with E-state index in [1.807, 2.05) is 6.92 Å². The minimum Gasteiger partial charge on any atom is -0.478 e. The van der Waals surface area contributed by atoms with Gasteiger partial charge in [0, 0.05) is 25.1 Å². The van der Waals surface area contributed by atoms with Crippen LogP contribution in [0.1, 0.15) is 42.1 Å². The number of carboxylic acid groups (broad SMARTS) is 2. The number of carboxylic acids is 2. The lowest BCUT2D eigenvalue weighted by Gasteiger charge is -2.34. The predicted octanol–water partition coefficient (Wildman–Crippen LogP) is 2.53. The van der Waals surface area contributed by atoms with Gasteiger partial charge in [0.05, 0.1) is 18.2 Å². The molecule has 0 bridgehead atoms. The first-order valence-electron chi connectivity index (χ1n) is 10.2. The number of alkyl halides is 3. The molecule has 2 unspecified atom stereocenters. The fourth-order valence-electron chi connectivity index (χ4n) is 3.80. The molecule has 0 saturated carbocycles. The van der Waals surface area contributed by atoms with Crippen molar-refractivity contribution in [1.29, 1.82) is 0 Å². The summed E-state index contributed by atoms with van der Waals surface area (Å²) in [6.07, 6.45) is -1.68. The first-order valence-corrected chi connectivity index (χ1v) is 10.2. The average molecular weight is 460 g/mol. The van der Waals surface area contributed by atoms with Crippen LogP contribution in [0.2, 0.25) is 0 Å². The maximum absolute atomic E-state index is 12.5. The van der Waals surface area contributed by atoms with E-state index >= 15 is 0 Å². The Bertz CT molecular complexity index is 807. The van der Waals surface area contributed by atoms with E-state index in [1.54, 1.807) is 24.3 Å². The quantitative estimate of drug-likeness (QED) is 0.618. The lowest BCUT2D eigenvalue weighted by atomic mass is 9.82. The normalized spacial score (nSPS) is 22.0. The third kappa shape index (κ3) is 7.20. The number of hydrogen-bond acceptors (Lipinski definition) is 5. The Morgan fingerprint density at radius 2 is 1.81 bits per heavy atom. The molecule has 1 aromatic rings. The number of benzene rings is 1. The molecule has 0 radical (unpaired) electrons. The van der Waals surface area contributed by atoms with Gasteiger partial charge >= 0.3 is 18.1 Å². The maximum Gasteiger partial charge on any atom is 0.490 e. The molecule has 2 atom stereocenters. The number of nitrogens with zero attached hydrogens (tertiary/aromatic N) is 1. The van der Waals surface area contributed by atoms with Crippen molar-refractivity contribution in [2.75, 3.05) is 26.3 Å². The van der Waals surface area contributed by atoms with Crippen LogP contribution in [0, 0.1) is 5.41 Å². The Morgan fingerprint density at radius 3 is 2.31 bits per heavy atom. The summed E-state index contributed by atoms with van der Waals surface area (Å²) < 4.78 is 37.4. The van der Waals surface area contributed by atoms with E-state index in [0.717, 1.165) is 44.7 Å². The third-order valence-electron chi connectivity index (χ3n) is 5.71. The molecule has 1 spiro atoms. The second kappa shape index (κ2) is 10.8. The van der Waals surface area contributed by atoms with Crippen molar-refractivity contribution in [2.45, 2.75) is 44.9 Å². The van der Waals surface area contributed by atoms with E-state index in [9.17, 15) is 22.8 Å². The predicted molar refractivity (Wildman–Crippen MR) is 107 cm³/mol. The molecule has 2 heterocycles. The van der Waals surface area contributed by atoms with Crippen molar-refractivity contribution >= 4 is 17.8 Å². The highest BCUT2D eigenvalue weighted by Crippen LogP contribution is 2.38. The Labute approximate surface area is 183 Å².